The molecule has 0 spiro atoms. The Hall–Kier alpha value is -0.120. The normalized spacial score (nSPS) is 29.5. The van der Waals surface area contributed by atoms with Gasteiger partial charge in [0.05, 0.1) is 0 Å². The molecule has 1 saturated carbocycles. The minimum atomic E-state index is 0.284. The monoisotopic (exact) mass is 186 g/mol. The second-order valence-corrected chi connectivity index (χ2v) is 4.07. The lowest BCUT2D eigenvalue weighted by Gasteiger charge is -2.35. The average molecular weight is 186 g/mol. The summed E-state index contributed by atoms with van der Waals surface area (Å²) in [5.41, 5.74) is 6.05. The van der Waals surface area contributed by atoms with E-state index in [9.17, 15) is 0 Å². The van der Waals surface area contributed by atoms with Gasteiger partial charge in [0.2, 0.25) is 0 Å². The molecule has 3 N–H and O–H groups in total. The van der Waals surface area contributed by atoms with Crippen LogP contribution < -0.4 is 5.73 Å². The van der Waals surface area contributed by atoms with Crippen molar-refractivity contribution in [2.45, 2.75) is 44.2 Å². The largest absolute Gasteiger partial charge is 0.396 e. The van der Waals surface area contributed by atoms with Crippen molar-refractivity contribution in [1.29, 1.82) is 0 Å². The molecule has 3 heteroatoms. The lowest BCUT2D eigenvalue weighted by atomic mass is 9.90. The maximum Gasteiger partial charge on any atom is 0.0443 e. The van der Waals surface area contributed by atoms with E-state index in [0.717, 1.165) is 19.4 Å². The van der Waals surface area contributed by atoms with Gasteiger partial charge < -0.3 is 15.7 Å². The molecule has 0 radical (unpaired) electrons. The molecule has 78 valence electrons. The Morgan fingerprint density at radius 3 is 2.69 bits per heavy atom. The summed E-state index contributed by atoms with van der Waals surface area (Å²) in [6.07, 6.45) is 5.84. The van der Waals surface area contributed by atoms with Gasteiger partial charge in [-0.3, -0.25) is 0 Å². The Morgan fingerprint density at radius 2 is 2.08 bits per heavy atom. The number of hydrogen-bond acceptors (Lipinski definition) is 3. The predicted molar refractivity (Wildman–Crippen MR) is 54.6 cm³/mol. The molecule has 0 heterocycles. The van der Waals surface area contributed by atoms with Crippen molar-refractivity contribution in [2.24, 2.45) is 5.73 Å². The topological polar surface area (TPSA) is 49.5 Å². The highest BCUT2D eigenvalue weighted by Crippen LogP contribution is 2.20. The van der Waals surface area contributed by atoms with Crippen LogP contribution in [0.5, 0.6) is 0 Å². The number of aliphatic hydroxyl groups excluding tert-OH is 1. The average Bonchev–Trinajstić information content (AvgIpc) is 2.15. The van der Waals surface area contributed by atoms with Gasteiger partial charge in [-0.1, -0.05) is 12.8 Å². The molecular formula is C10H22N2O. The molecule has 0 amide bonds. The summed E-state index contributed by atoms with van der Waals surface area (Å²) < 4.78 is 0. The lowest BCUT2D eigenvalue weighted by molar-refractivity contribution is 0.155. The lowest BCUT2D eigenvalue weighted by Crippen LogP contribution is -2.48. The van der Waals surface area contributed by atoms with Gasteiger partial charge in [0.25, 0.3) is 0 Å². The van der Waals surface area contributed by atoms with E-state index < -0.39 is 0 Å². The van der Waals surface area contributed by atoms with Crippen LogP contribution in [0.3, 0.4) is 0 Å². The molecule has 1 aliphatic carbocycles. The van der Waals surface area contributed by atoms with E-state index in [0.29, 0.717) is 12.1 Å². The van der Waals surface area contributed by atoms with E-state index in [2.05, 4.69) is 11.9 Å². The predicted octanol–water partition coefficient (Wildman–Crippen LogP) is 0.570. The number of likely N-dealkylation sites (N-methyl/N-ethyl adjacent to an activating group) is 1. The van der Waals surface area contributed by atoms with E-state index in [1.807, 2.05) is 0 Å². The van der Waals surface area contributed by atoms with E-state index in [-0.39, 0.29) is 6.61 Å². The molecule has 1 aliphatic rings. The highest BCUT2D eigenvalue weighted by molar-refractivity contribution is 4.84. The summed E-state index contributed by atoms with van der Waals surface area (Å²) in [4.78, 5) is 2.31. The van der Waals surface area contributed by atoms with E-state index in [1.54, 1.807) is 0 Å². The van der Waals surface area contributed by atoms with Crippen molar-refractivity contribution < 1.29 is 5.11 Å². The number of nitrogens with zero attached hydrogens (tertiary/aromatic N) is 1. The van der Waals surface area contributed by atoms with Crippen molar-refractivity contribution in [3.05, 3.63) is 0 Å². The second kappa shape index (κ2) is 5.58. The zero-order valence-corrected chi connectivity index (χ0v) is 8.58. The maximum absolute atomic E-state index is 8.72. The third-order valence-corrected chi connectivity index (χ3v) is 3.02. The molecule has 0 aromatic heterocycles. The molecular weight excluding hydrogens is 164 g/mol. The summed E-state index contributed by atoms with van der Waals surface area (Å²) in [5, 5.41) is 8.72. The molecule has 13 heavy (non-hydrogen) atoms. The van der Waals surface area contributed by atoms with Gasteiger partial charge in [-0.2, -0.15) is 0 Å². The van der Waals surface area contributed by atoms with Crippen LogP contribution in [0, 0.1) is 0 Å². The smallest absolute Gasteiger partial charge is 0.0443 e. The van der Waals surface area contributed by atoms with Gasteiger partial charge in [-0.15, -0.1) is 0 Å². The molecule has 0 aromatic rings. The molecule has 1 rings (SSSR count). The van der Waals surface area contributed by atoms with Crippen LogP contribution in [-0.2, 0) is 0 Å². The van der Waals surface area contributed by atoms with Gasteiger partial charge >= 0.3 is 0 Å². The van der Waals surface area contributed by atoms with Gasteiger partial charge in [-0.25, -0.2) is 0 Å². The van der Waals surface area contributed by atoms with Gasteiger partial charge in [0, 0.05) is 25.2 Å². The Kier molecular flexibility index (Phi) is 4.70. The minimum absolute atomic E-state index is 0.284. The van der Waals surface area contributed by atoms with Gasteiger partial charge in [0.1, 0.15) is 0 Å². The number of rotatable bonds is 4. The summed E-state index contributed by atoms with van der Waals surface area (Å²) >= 11 is 0. The maximum atomic E-state index is 8.72. The van der Waals surface area contributed by atoms with E-state index >= 15 is 0 Å². The molecule has 2 unspecified atom stereocenters. The molecule has 2 atom stereocenters. The van der Waals surface area contributed by atoms with E-state index in [4.69, 9.17) is 10.8 Å². The fourth-order valence-corrected chi connectivity index (χ4v) is 2.17. The third-order valence-electron chi connectivity index (χ3n) is 3.02. The van der Waals surface area contributed by atoms with Crippen LogP contribution in [0.1, 0.15) is 32.1 Å². The van der Waals surface area contributed by atoms with Crippen LogP contribution in [-0.4, -0.2) is 42.3 Å². The third kappa shape index (κ3) is 3.25. The first-order chi connectivity index (χ1) is 6.25. The quantitative estimate of drug-likeness (QED) is 0.675. The number of nitrogens with two attached hydrogens (primary N) is 1. The molecule has 0 bridgehead atoms. The minimum Gasteiger partial charge on any atom is -0.396 e. The second-order valence-electron chi connectivity index (χ2n) is 4.07. The van der Waals surface area contributed by atoms with Crippen LogP contribution in [0.15, 0.2) is 0 Å². The first-order valence-electron chi connectivity index (χ1n) is 5.32. The fourth-order valence-electron chi connectivity index (χ4n) is 2.17. The number of hydrogen-bond donors (Lipinski definition) is 2. The Balaban J connectivity index is 2.30. The molecule has 0 aliphatic heterocycles. The van der Waals surface area contributed by atoms with Crippen LogP contribution in [0.4, 0.5) is 0 Å². The van der Waals surface area contributed by atoms with Crippen molar-refractivity contribution in [3.8, 4) is 0 Å². The zero-order chi connectivity index (χ0) is 9.68. The van der Waals surface area contributed by atoms with Gasteiger partial charge in [-0.05, 0) is 26.3 Å². The van der Waals surface area contributed by atoms with Crippen LogP contribution in [0.2, 0.25) is 0 Å². The van der Waals surface area contributed by atoms with Crippen molar-refractivity contribution in [3.63, 3.8) is 0 Å². The molecule has 3 nitrogen and oxygen atoms in total. The molecule has 0 aromatic carbocycles. The first-order valence-corrected chi connectivity index (χ1v) is 5.32. The first kappa shape index (κ1) is 11.0. The van der Waals surface area contributed by atoms with Crippen molar-refractivity contribution >= 4 is 0 Å². The Morgan fingerprint density at radius 1 is 1.38 bits per heavy atom. The fraction of sp³-hybridized carbons (Fsp3) is 1.00. The SMILES string of the molecule is CN(CCCO)C1CCCCC1N. The van der Waals surface area contributed by atoms with Crippen LogP contribution >= 0.6 is 0 Å². The summed E-state index contributed by atoms with van der Waals surface area (Å²) in [6.45, 7) is 1.25. The van der Waals surface area contributed by atoms with Crippen LogP contribution in [0.25, 0.3) is 0 Å². The highest BCUT2D eigenvalue weighted by Gasteiger charge is 2.24. The van der Waals surface area contributed by atoms with Gasteiger partial charge in [0.15, 0.2) is 0 Å². The number of aliphatic hydroxyl groups is 1. The standard InChI is InChI=1S/C10H22N2O/c1-12(7-4-8-13)10-6-3-2-5-9(10)11/h9-10,13H,2-8,11H2,1H3. The zero-order valence-electron chi connectivity index (χ0n) is 8.58. The Bertz CT molecular complexity index is 141. The summed E-state index contributed by atoms with van der Waals surface area (Å²) in [6, 6.07) is 0.887. The summed E-state index contributed by atoms with van der Waals surface area (Å²) in [5.74, 6) is 0. The molecule has 0 saturated heterocycles. The molecule has 1 fully saturated rings. The van der Waals surface area contributed by atoms with E-state index in [1.165, 1.54) is 19.3 Å². The highest BCUT2D eigenvalue weighted by atomic mass is 16.3. The van der Waals surface area contributed by atoms with Crippen molar-refractivity contribution in [1.82, 2.24) is 4.90 Å². The summed E-state index contributed by atoms with van der Waals surface area (Å²) in [7, 11) is 2.12. The van der Waals surface area contributed by atoms with Crippen molar-refractivity contribution in [2.75, 3.05) is 20.2 Å². The Labute approximate surface area is 80.9 Å².